The van der Waals surface area contributed by atoms with Crippen molar-refractivity contribution >= 4 is 49.0 Å². The molecular weight excluding hydrogens is 749 g/mol. The summed E-state index contributed by atoms with van der Waals surface area (Å²) >= 11 is 0. The number of para-hydroxylation sites is 1. The van der Waals surface area contributed by atoms with Crippen LogP contribution in [0.3, 0.4) is 0 Å². The van der Waals surface area contributed by atoms with E-state index in [-0.39, 0.29) is 5.41 Å². The lowest BCUT2D eigenvalue weighted by atomic mass is 9.86. The number of rotatable bonds is 7. The molecule has 1 aliphatic heterocycles. The molecule has 1 fully saturated rings. The quantitative estimate of drug-likeness (QED) is 0.146. The van der Waals surface area contributed by atoms with Crippen molar-refractivity contribution in [3.8, 4) is 39.1 Å². The maximum absolute atomic E-state index is 2.75. The van der Waals surface area contributed by atoms with Crippen molar-refractivity contribution in [3.05, 3.63) is 217 Å². The molecule has 2 nitrogen and oxygen atoms in total. The Morgan fingerprint density at radius 3 is 1.92 bits per heavy atom. The summed E-state index contributed by atoms with van der Waals surface area (Å²) in [6.45, 7) is 2.28. The Balaban J connectivity index is 0.907. The van der Waals surface area contributed by atoms with Gasteiger partial charge in [0.1, 0.15) is 0 Å². The maximum Gasteiger partial charge on any atom is 0.0620 e. The van der Waals surface area contributed by atoms with Gasteiger partial charge in [-0.1, -0.05) is 182 Å². The van der Waals surface area contributed by atoms with Gasteiger partial charge >= 0.3 is 0 Å². The molecular formula is C60H46N2. The Labute approximate surface area is 363 Å². The van der Waals surface area contributed by atoms with Gasteiger partial charge in [-0.25, -0.2) is 0 Å². The van der Waals surface area contributed by atoms with Crippen LogP contribution >= 0.6 is 0 Å². The first-order chi connectivity index (χ1) is 30.7. The summed E-state index contributed by atoms with van der Waals surface area (Å²) in [6.07, 6.45) is 19.0. The van der Waals surface area contributed by atoms with Gasteiger partial charge in [0.25, 0.3) is 0 Å². The number of benzene rings is 8. The van der Waals surface area contributed by atoms with Crippen molar-refractivity contribution in [1.82, 2.24) is 4.57 Å². The fourth-order valence-corrected chi connectivity index (χ4v) is 11.7. The predicted octanol–water partition coefficient (Wildman–Crippen LogP) is 15.5. The van der Waals surface area contributed by atoms with Crippen LogP contribution in [0.5, 0.6) is 0 Å². The minimum Gasteiger partial charge on any atom is -0.357 e. The topological polar surface area (TPSA) is 8.17 Å². The third kappa shape index (κ3) is 5.16. The highest BCUT2D eigenvalue weighted by atomic mass is 15.2. The minimum atomic E-state index is 0.106. The molecule has 2 heterocycles. The summed E-state index contributed by atoms with van der Waals surface area (Å²) in [7, 11) is 0. The molecule has 2 heteroatoms. The van der Waals surface area contributed by atoms with Crippen molar-refractivity contribution in [2.75, 3.05) is 4.90 Å². The molecule has 9 aromatic rings. The van der Waals surface area contributed by atoms with Gasteiger partial charge in [0.05, 0.1) is 23.1 Å². The van der Waals surface area contributed by atoms with Crippen LogP contribution in [0.2, 0.25) is 0 Å². The summed E-state index contributed by atoms with van der Waals surface area (Å²) in [4.78, 5) is 2.75. The van der Waals surface area contributed by atoms with E-state index in [0.29, 0.717) is 12.1 Å². The molecule has 296 valence electrons. The lowest BCUT2D eigenvalue weighted by molar-refractivity contribution is 0.566. The Kier molecular flexibility index (Phi) is 7.85. The minimum absolute atomic E-state index is 0.106. The smallest absolute Gasteiger partial charge is 0.0620 e. The largest absolute Gasteiger partial charge is 0.357 e. The van der Waals surface area contributed by atoms with E-state index >= 15 is 0 Å². The van der Waals surface area contributed by atoms with E-state index in [2.05, 4.69) is 217 Å². The predicted molar refractivity (Wildman–Crippen MR) is 262 cm³/mol. The highest BCUT2D eigenvalue weighted by Crippen LogP contribution is 2.66. The molecule has 4 aliphatic rings. The molecule has 0 N–H and O–H groups in total. The molecule has 3 unspecified atom stereocenters. The van der Waals surface area contributed by atoms with E-state index in [9.17, 15) is 0 Å². The summed E-state index contributed by atoms with van der Waals surface area (Å²) in [5, 5.41) is 7.66. The molecule has 8 aromatic carbocycles. The van der Waals surface area contributed by atoms with Crippen molar-refractivity contribution in [2.45, 2.75) is 50.1 Å². The van der Waals surface area contributed by atoms with Gasteiger partial charge < -0.3 is 9.47 Å². The van der Waals surface area contributed by atoms with Crippen molar-refractivity contribution < 1.29 is 0 Å². The van der Waals surface area contributed by atoms with Crippen LogP contribution in [0, 0.1) is 0 Å². The Morgan fingerprint density at radius 2 is 1.19 bits per heavy atom. The van der Waals surface area contributed by atoms with Crippen LogP contribution in [0.25, 0.3) is 82.4 Å². The van der Waals surface area contributed by atoms with E-state index < -0.39 is 0 Å². The molecule has 62 heavy (non-hydrogen) atoms. The van der Waals surface area contributed by atoms with Crippen molar-refractivity contribution in [1.29, 1.82) is 0 Å². The number of hydrogen-bond acceptors (Lipinski definition) is 1. The van der Waals surface area contributed by atoms with Gasteiger partial charge in [0.2, 0.25) is 0 Å². The van der Waals surface area contributed by atoms with Crippen LogP contribution in [-0.4, -0.2) is 16.7 Å². The standard InChI is InChI=1S/C60H46N2/c1-2-14-39-15-12-19-46(35-39)62-56-34-30-43(37-53(56)60-38-44(60)18-13-26-57(60)62)42-29-33-55-52(36-42)47-20-10-11-25-54(47)61(55)45-31-27-41(28-32-45)59-50-23-8-6-21-48(50)58(40-16-4-3-5-17-40)49-22-7-9-24-51(49)59/h3-13,15-18,20-37,46,57H,2,14,19,38H2,1H3. The molecule has 0 saturated heterocycles. The fraction of sp³-hybridized carbons (Fsp3) is 0.133. The number of anilines is 1. The van der Waals surface area contributed by atoms with Gasteiger partial charge in [-0.3, -0.25) is 0 Å². The van der Waals surface area contributed by atoms with Gasteiger partial charge in [0.15, 0.2) is 0 Å². The zero-order valence-electron chi connectivity index (χ0n) is 34.9. The van der Waals surface area contributed by atoms with Crippen LogP contribution < -0.4 is 4.90 Å². The molecule has 3 aliphatic carbocycles. The first-order valence-electron chi connectivity index (χ1n) is 22.5. The highest BCUT2D eigenvalue weighted by Gasteiger charge is 2.63. The van der Waals surface area contributed by atoms with Crippen molar-refractivity contribution in [3.63, 3.8) is 0 Å². The van der Waals surface area contributed by atoms with Gasteiger partial charge in [0, 0.05) is 27.6 Å². The molecule has 3 atom stereocenters. The van der Waals surface area contributed by atoms with Gasteiger partial charge in [-0.2, -0.15) is 0 Å². The fourth-order valence-electron chi connectivity index (χ4n) is 11.7. The van der Waals surface area contributed by atoms with Crippen LogP contribution in [0.4, 0.5) is 5.69 Å². The number of allylic oxidation sites excluding steroid dienone is 4. The number of nitrogens with zero attached hydrogens (tertiary/aromatic N) is 2. The molecule has 1 saturated carbocycles. The van der Waals surface area contributed by atoms with E-state index in [1.54, 1.807) is 5.57 Å². The second kappa shape index (κ2) is 13.7. The number of fused-ring (bicyclic) bond motifs is 6. The first kappa shape index (κ1) is 35.6. The lowest BCUT2D eigenvalue weighted by Gasteiger charge is -2.36. The molecule has 0 amide bonds. The third-order valence-electron chi connectivity index (χ3n) is 14.5. The molecule has 0 bridgehead atoms. The average molecular weight is 795 g/mol. The molecule has 1 aromatic heterocycles. The molecule has 13 rings (SSSR count). The third-order valence-corrected chi connectivity index (χ3v) is 14.5. The second-order valence-corrected chi connectivity index (χ2v) is 17.8. The molecule has 0 radical (unpaired) electrons. The Bertz CT molecular complexity index is 3370. The van der Waals surface area contributed by atoms with Gasteiger partial charge in [-0.15, -0.1) is 0 Å². The SMILES string of the molecule is CCCC1=CC(N2c3ccc(-c4ccc5c(c4)c4ccccc4n5-c4ccc(-c5c6ccccc6c(-c6ccccc6)c6ccccc56)cc4)cc3C34CC3=CC=CC24)CC=C1. The lowest BCUT2D eigenvalue weighted by Crippen LogP contribution is -2.43. The summed E-state index contributed by atoms with van der Waals surface area (Å²) in [5.74, 6) is 0. The zero-order valence-corrected chi connectivity index (χ0v) is 34.9. The van der Waals surface area contributed by atoms with Crippen LogP contribution in [0.15, 0.2) is 211 Å². The number of hydrogen-bond donors (Lipinski definition) is 0. The van der Waals surface area contributed by atoms with E-state index in [1.165, 1.54) is 100.0 Å². The normalized spacial score (nSPS) is 19.8. The zero-order chi connectivity index (χ0) is 40.9. The first-order valence-corrected chi connectivity index (χ1v) is 22.5. The summed E-state index contributed by atoms with van der Waals surface area (Å²) in [6, 6.07) is 62.1. The van der Waals surface area contributed by atoms with Crippen LogP contribution in [0.1, 0.15) is 38.2 Å². The number of aromatic nitrogens is 1. The van der Waals surface area contributed by atoms with E-state index in [1.807, 2.05) is 0 Å². The average Bonchev–Trinajstić information content (AvgIpc) is 3.91. The molecule has 1 spiro atoms. The highest BCUT2D eigenvalue weighted by molar-refractivity contribution is 6.21. The monoisotopic (exact) mass is 794 g/mol. The summed E-state index contributed by atoms with van der Waals surface area (Å²) < 4.78 is 2.45. The summed E-state index contributed by atoms with van der Waals surface area (Å²) in [5.41, 5.74) is 17.3. The van der Waals surface area contributed by atoms with Crippen LogP contribution in [-0.2, 0) is 5.41 Å². The maximum atomic E-state index is 2.75. The van der Waals surface area contributed by atoms with E-state index in [4.69, 9.17) is 0 Å². The Hall–Kier alpha value is -7.16. The van der Waals surface area contributed by atoms with E-state index in [0.717, 1.165) is 24.9 Å². The van der Waals surface area contributed by atoms with Gasteiger partial charge in [-0.05, 0) is 122 Å². The second-order valence-electron chi connectivity index (χ2n) is 17.8. The van der Waals surface area contributed by atoms with Crippen molar-refractivity contribution in [2.24, 2.45) is 0 Å². The Morgan fingerprint density at radius 1 is 0.581 bits per heavy atom.